The Bertz CT molecular complexity index is 791. The average Bonchev–Trinajstić information content (AvgIpc) is 2.73. The van der Waals surface area contributed by atoms with Gasteiger partial charge in [-0.15, -0.1) is 0 Å². The Balaban J connectivity index is 1.96. The molecule has 1 aliphatic rings. The molecule has 5 heteroatoms. The van der Waals surface area contributed by atoms with E-state index in [4.69, 9.17) is 5.26 Å². The molecule has 0 saturated heterocycles. The van der Waals surface area contributed by atoms with E-state index in [1.807, 2.05) is 6.07 Å². The van der Waals surface area contributed by atoms with E-state index in [1.165, 1.54) is 4.90 Å². The molecular formula is C16H9BrN2O2. The topological polar surface area (TPSA) is 61.2 Å². The van der Waals surface area contributed by atoms with Crippen molar-refractivity contribution in [3.05, 3.63) is 63.6 Å². The zero-order chi connectivity index (χ0) is 15.0. The molecule has 0 radical (unpaired) electrons. The van der Waals surface area contributed by atoms with Gasteiger partial charge in [0.1, 0.15) is 0 Å². The highest BCUT2D eigenvalue weighted by molar-refractivity contribution is 9.10. The van der Waals surface area contributed by atoms with Crippen molar-refractivity contribution in [1.82, 2.24) is 0 Å². The van der Waals surface area contributed by atoms with Crippen molar-refractivity contribution >= 4 is 33.3 Å². The molecule has 0 aliphatic carbocycles. The minimum Gasteiger partial charge on any atom is -0.300 e. The van der Waals surface area contributed by atoms with Crippen LogP contribution >= 0.6 is 15.9 Å². The summed E-state index contributed by atoms with van der Waals surface area (Å²) in [6.07, 6.45) is 0. The van der Waals surface area contributed by atoms with Crippen LogP contribution in [-0.2, 0) is 11.3 Å². The summed E-state index contributed by atoms with van der Waals surface area (Å²) in [7, 11) is 0. The second-order valence-corrected chi connectivity index (χ2v) is 5.61. The van der Waals surface area contributed by atoms with Gasteiger partial charge >= 0.3 is 0 Å². The first-order chi connectivity index (χ1) is 10.1. The number of carbonyl (C=O) groups excluding carboxylic acids is 2. The summed E-state index contributed by atoms with van der Waals surface area (Å²) >= 11 is 3.35. The summed E-state index contributed by atoms with van der Waals surface area (Å²) in [5.74, 6) is -1.00. The van der Waals surface area contributed by atoms with Crippen molar-refractivity contribution < 1.29 is 9.59 Å². The van der Waals surface area contributed by atoms with Gasteiger partial charge in [0, 0.05) is 4.47 Å². The maximum Gasteiger partial charge on any atom is 0.299 e. The van der Waals surface area contributed by atoms with Gasteiger partial charge in [0.05, 0.1) is 29.4 Å². The van der Waals surface area contributed by atoms with E-state index in [1.54, 1.807) is 42.5 Å². The van der Waals surface area contributed by atoms with Crippen LogP contribution in [0.1, 0.15) is 21.5 Å². The number of hydrogen-bond donors (Lipinski definition) is 0. The Morgan fingerprint density at radius 3 is 2.48 bits per heavy atom. The fraction of sp³-hybridized carbons (Fsp3) is 0.0625. The SMILES string of the molecule is N#Cc1ccc(CN2C(=O)C(=O)c3ccc(Br)cc32)cc1. The lowest BCUT2D eigenvalue weighted by atomic mass is 10.1. The molecule has 2 aromatic carbocycles. The number of nitriles is 1. The maximum atomic E-state index is 12.1. The highest BCUT2D eigenvalue weighted by Gasteiger charge is 2.35. The van der Waals surface area contributed by atoms with Gasteiger partial charge < -0.3 is 4.90 Å². The zero-order valence-electron chi connectivity index (χ0n) is 10.8. The standard InChI is InChI=1S/C16H9BrN2O2/c17-12-5-6-13-14(7-12)19(16(21)15(13)20)9-11-3-1-10(8-18)2-4-11/h1-7H,9H2. The third kappa shape index (κ3) is 2.34. The van der Waals surface area contributed by atoms with Crippen molar-refractivity contribution in [2.24, 2.45) is 0 Å². The first-order valence-corrected chi connectivity index (χ1v) is 7.04. The molecule has 4 nitrogen and oxygen atoms in total. The van der Waals surface area contributed by atoms with Gasteiger partial charge in [-0.1, -0.05) is 28.1 Å². The third-order valence-electron chi connectivity index (χ3n) is 3.36. The summed E-state index contributed by atoms with van der Waals surface area (Å²) < 4.78 is 0.813. The Kier molecular flexibility index (Phi) is 3.32. The first kappa shape index (κ1) is 13.5. The number of amides is 1. The molecule has 1 amide bonds. The van der Waals surface area contributed by atoms with E-state index in [0.29, 0.717) is 23.4 Å². The number of ketones is 1. The van der Waals surface area contributed by atoms with Crippen molar-refractivity contribution in [3.8, 4) is 6.07 Å². The van der Waals surface area contributed by atoms with Gasteiger partial charge in [0.15, 0.2) is 0 Å². The predicted molar refractivity (Wildman–Crippen MR) is 80.8 cm³/mol. The smallest absolute Gasteiger partial charge is 0.299 e. The number of nitrogens with zero attached hydrogens (tertiary/aromatic N) is 2. The lowest BCUT2D eigenvalue weighted by Gasteiger charge is -2.16. The third-order valence-corrected chi connectivity index (χ3v) is 3.85. The Morgan fingerprint density at radius 1 is 1.10 bits per heavy atom. The Morgan fingerprint density at radius 2 is 1.81 bits per heavy atom. The van der Waals surface area contributed by atoms with Gasteiger partial charge in [0.2, 0.25) is 0 Å². The van der Waals surface area contributed by atoms with Gasteiger partial charge in [0.25, 0.3) is 11.7 Å². The fourth-order valence-electron chi connectivity index (χ4n) is 2.29. The number of rotatable bonds is 2. The minimum absolute atomic E-state index is 0.305. The monoisotopic (exact) mass is 340 g/mol. The highest BCUT2D eigenvalue weighted by atomic mass is 79.9. The Labute approximate surface area is 129 Å². The van der Waals surface area contributed by atoms with Crippen LogP contribution in [0.2, 0.25) is 0 Å². The second-order valence-electron chi connectivity index (χ2n) is 4.69. The molecule has 0 N–H and O–H groups in total. The lowest BCUT2D eigenvalue weighted by molar-refractivity contribution is -0.114. The molecule has 3 rings (SSSR count). The summed E-state index contributed by atoms with van der Waals surface area (Å²) in [5, 5.41) is 8.79. The molecule has 1 heterocycles. The molecule has 2 aromatic rings. The largest absolute Gasteiger partial charge is 0.300 e. The van der Waals surface area contributed by atoms with E-state index < -0.39 is 11.7 Å². The van der Waals surface area contributed by atoms with Gasteiger partial charge in [-0.2, -0.15) is 5.26 Å². The lowest BCUT2D eigenvalue weighted by Crippen LogP contribution is -2.29. The first-order valence-electron chi connectivity index (χ1n) is 6.25. The van der Waals surface area contributed by atoms with E-state index in [0.717, 1.165) is 10.0 Å². The van der Waals surface area contributed by atoms with Crippen LogP contribution in [-0.4, -0.2) is 11.7 Å². The van der Waals surface area contributed by atoms with Crippen molar-refractivity contribution in [3.63, 3.8) is 0 Å². The molecule has 1 aliphatic heterocycles. The molecule has 0 atom stereocenters. The molecule has 102 valence electrons. The van der Waals surface area contributed by atoms with E-state index >= 15 is 0 Å². The molecule has 0 bridgehead atoms. The number of benzene rings is 2. The van der Waals surface area contributed by atoms with Crippen molar-refractivity contribution in [2.45, 2.75) is 6.54 Å². The van der Waals surface area contributed by atoms with Crippen molar-refractivity contribution in [1.29, 1.82) is 5.26 Å². The number of hydrogen-bond acceptors (Lipinski definition) is 3. The van der Waals surface area contributed by atoms with Gasteiger partial charge in [-0.25, -0.2) is 0 Å². The van der Waals surface area contributed by atoms with Crippen LogP contribution in [0.3, 0.4) is 0 Å². The van der Waals surface area contributed by atoms with Crippen LogP contribution in [0.25, 0.3) is 0 Å². The van der Waals surface area contributed by atoms with Crippen LogP contribution in [0.5, 0.6) is 0 Å². The Hall–Kier alpha value is -2.45. The molecule has 0 saturated carbocycles. The summed E-state index contributed by atoms with van der Waals surface area (Å²) in [6, 6.07) is 14.2. The molecular weight excluding hydrogens is 332 g/mol. The summed E-state index contributed by atoms with van der Waals surface area (Å²) in [4.78, 5) is 25.5. The average molecular weight is 341 g/mol. The minimum atomic E-state index is -0.521. The van der Waals surface area contributed by atoms with Crippen LogP contribution in [0, 0.1) is 11.3 Å². The fourth-order valence-corrected chi connectivity index (χ4v) is 2.64. The van der Waals surface area contributed by atoms with E-state index in [2.05, 4.69) is 15.9 Å². The number of anilines is 1. The summed E-state index contributed by atoms with van der Waals surface area (Å²) in [6.45, 7) is 0.305. The van der Waals surface area contributed by atoms with Gasteiger partial charge in [-0.05, 0) is 35.9 Å². The molecule has 0 fully saturated rings. The number of Topliss-reactive ketones (excluding diaryl/α,β-unsaturated/α-hetero) is 1. The van der Waals surface area contributed by atoms with Crippen LogP contribution in [0.15, 0.2) is 46.9 Å². The molecule has 0 unspecified atom stereocenters. The zero-order valence-corrected chi connectivity index (χ0v) is 12.4. The van der Waals surface area contributed by atoms with Gasteiger partial charge in [-0.3, -0.25) is 9.59 Å². The van der Waals surface area contributed by atoms with E-state index in [-0.39, 0.29) is 0 Å². The maximum absolute atomic E-state index is 12.1. The second kappa shape index (κ2) is 5.15. The number of carbonyl (C=O) groups is 2. The van der Waals surface area contributed by atoms with E-state index in [9.17, 15) is 9.59 Å². The number of fused-ring (bicyclic) bond motifs is 1. The molecule has 0 aromatic heterocycles. The predicted octanol–water partition coefficient (Wildman–Crippen LogP) is 3.05. The quantitative estimate of drug-likeness (QED) is 0.789. The highest BCUT2D eigenvalue weighted by Crippen LogP contribution is 2.32. The molecule has 0 spiro atoms. The normalized spacial score (nSPS) is 13.2. The molecule has 21 heavy (non-hydrogen) atoms. The number of halogens is 1. The van der Waals surface area contributed by atoms with Crippen LogP contribution in [0.4, 0.5) is 5.69 Å². The van der Waals surface area contributed by atoms with Crippen LogP contribution < -0.4 is 4.90 Å². The summed E-state index contributed by atoms with van der Waals surface area (Å²) in [5.41, 5.74) is 2.47. The van der Waals surface area contributed by atoms with Crippen molar-refractivity contribution in [2.75, 3.05) is 4.90 Å².